The van der Waals surface area contributed by atoms with Crippen LogP contribution in [0.4, 0.5) is 0 Å². The lowest BCUT2D eigenvalue weighted by atomic mass is 10.0. The van der Waals surface area contributed by atoms with E-state index in [0.29, 0.717) is 6.04 Å². The maximum absolute atomic E-state index is 6.38. The van der Waals surface area contributed by atoms with Gasteiger partial charge in [-0.3, -0.25) is 4.90 Å². The molecule has 1 N–H and O–H groups in total. The number of aryl methyl sites for hydroxylation is 1. The molecule has 0 aliphatic carbocycles. The molecule has 1 aromatic carbocycles. The van der Waals surface area contributed by atoms with Gasteiger partial charge in [-0.2, -0.15) is 0 Å². The Kier molecular flexibility index (Phi) is 6.66. The van der Waals surface area contributed by atoms with Crippen molar-refractivity contribution in [2.45, 2.75) is 25.9 Å². The molecule has 0 amide bonds. The number of hydrogen-bond donors (Lipinski definition) is 1. The van der Waals surface area contributed by atoms with E-state index in [0.717, 1.165) is 37.6 Å². The molecule has 0 spiro atoms. The number of hydrogen-bond acceptors (Lipinski definition) is 4. The Morgan fingerprint density at radius 1 is 1.41 bits per heavy atom. The van der Waals surface area contributed by atoms with E-state index in [2.05, 4.69) is 34.7 Å². The molecule has 1 saturated heterocycles. The van der Waals surface area contributed by atoms with Gasteiger partial charge in [0.1, 0.15) is 0 Å². The fraction of sp³-hybridized carbons (Fsp3) is 0.438. The van der Waals surface area contributed by atoms with Crippen molar-refractivity contribution in [1.82, 2.24) is 15.2 Å². The third kappa shape index (κ3) is 4.00. The number of aromatic nitrogens is 1. The lowest BCUT2D eigenvalue weighted by Gasteiger charge is -2.36. The summed E-state index contributed by atoms with van der Waals surface area (Å²) in [7, 11) is 0. The minimum absolute atomic E-state index is 0. The van der Waals surface area contributed by atoms with Gasteiger partial charge in [0.15, 0.2) is 0 Å². The molecule has 2 aromatic rings. The summed E-state index contributed by atoms with van der Waals surface area (Å²) in [4.78, 5) is 7.18. The summed E-state index contributed by atoms with van der Waals surface area (Å²) in [6, 6.07) is 8.47. The molecule has 1 unspecified atom stereocenters. The van der Waals surface area contributed by atoms with Gasteiger partial charge >= 0.3 is 0 Å². The largest absolute Gasteiger partial charge is 0.314 e. The minimum Gasteiger partial charge on any atom is -0.314 e. The van der Waals surface area contributed by atoms with E-state index in [9.17, 15) is 0 Å². The van der Waals surface area contributed by atoms with E-state index in [-0.39, 0.29) is 12.4 Å². The highest BCUT2D eigenvalue weighted by molar-refractivity contribution is 7.09. The molecule has 6 heteroatoms. The Bertz CT molecular complexity index is 603. The van der Waals surface area contributed by atoms with Crippen LogP contribution in [0.5, 0.6) is 0 Å². The Morgan fingerprint density at radius 2 is 2.23 bits per heavy atom. The normalized spacial score (nSPS) is 18.9. The molecule has 3 nitrogen and oxygen atoms in total. The highest BCUT2D eigenvalue weighted by Gasteiger charge is 2.25. The van der Waals surface area contributed by atoms with Crippen LogP contribution in [0.2, 0.25) is 5.02 Å². The Hall–Kier alpha value is -0.650. The maximum atomic E-state index is 6.38. The first-order chi connectivity index (χ1) is 10.3. The summed E-state index contributed by atoms with van der Waals surface area (Å²) in [6.45, 7) is 6.03. The van der Waals surface area contributed by atoms with Crippen molar-refractivity contribution in [3.8, 4) is 0 Å². The van der Waals surface area contributed by atoms with Crippen molar-refractivity contribution in [1.29, 1.82) is 0 Å². The van der Waals surface area contributed by atoms with Crippen LogP contribution in [0.15, 0.2) is 29.6 Å². The predicted molar refractivity (Wildman–Crippen MR) is 96.2 cm³/mol. The fourth-order valence-corrected chi connectivity index (χ4v) is 3.78. The van der Waals surface area contributed by atoms with Crippen LogP contribution in [-0.2, 0) is 13.0 Å². The smallest absolute Gasteiger partial charge is 0.0926 e. The van der Waals surface area contributed by atoms with Crippen molar-refractivity contribution < 1.29 is 0 Å². The summed E-state index contributed by atoms with van der Waals surface area (Å²) >= 11 is 8.14. The van der Waals surface area contributed by atoms with Crippen LogP contribution < -0.4 is 5.32 Å². The number of thiazole rings is 1. The zero-order valence-corrected chi connectivity index (χ0v) is 15.0. The van der Waals surface area contributed by atoms with E-state index < -0.39 is 0 Å². The van der Waals surface area contributed by atoms with Crippen molar-refractivity contribution in [3.63, 3.8) is 0 Å². The zero-order valence-electron chi connectivity index (χ0n) is 12.6. The molecule has 3 rings (SSSR count). The van der Waals surface area contributed by atoms with Gasteiger partial charge in [0, 0.05) is 42.6 Å². The van der Waals surface area contributed by atoms with Crippen LogP contribution in [0.1, 0.15) is 29.2 Å². The first kappa shape index (κ1) is 17.7. The fourth-order valence-electron chi connectivity index (χ4n) is 2.78. The Morgan fingerprint density at radius 3 is 2.95 bits per heavy atom. The standard InChI is InChI=1S/C16H20ClN3S.ClH/c1-2-16-19-12(11-21-16)10-20-8-7-18-9-15(20)13-5-3-4-6-14(13)17;/h3-6,11,15,18H,2,7-10H2,1H3;1H. The molecule has 1 aliphatic rings. The van der Waals surface area contributed by atoms with Gasteiger partial charge in [0.25, 0.3) is 0 Å². The lowest BCUT2D eigenvalue weighted by molar-refractivity contribution is 0.152. The highest BCUT2D eigenvalue weighted by Crippen LogP contribution is 2.29. The van der Waals surface area contributed by atoms with Crippen LogP contribution in [-0.4, -0.2) is 29.5 Å². The molecule has 2 heterocycles. The van der Waals surface area contributed by atoms with Gasteiger partial charge in [-0.15, -0.1) is 23.7 Å². The van der Waals surface area contributed by atoms with Crippen molar-refractivity contribution in [3.05, 3.63) is 50.9 Å². The SMILES string of the molecule is CCc1nc(CN2CCNCC2c2ccccc2Cl)cs1.Cl. The zero-order chi connectivity index (χ0) is 14.7. The van der Waals surface area contributed by atoms with Gasteiger partial charge in [0.05, 0.1) is 10.7 Å². The van der Waals surface area contributed by atoms with Gasteiger partial charge in [-0.25, -0.2) is 4.98 Å². The van der Waals surface area contributed by atoms with Crippen molar-refractivity contribution in [2.24, 2.45) is 0 Å². The Labute approximate surface area is 147 Å². The van der Waals surface area contributed by atoms with Gasteiger partial charge in [-0.05, 0) is 18.1 Å². The maximum Gasteiger partial charge on any atom is 0.0926 e. The second-order valence-corrected chi connectivity index (χ2v) is 6.65. The second kappa shape index (κ2) is 8.27. The molecule has 0 radical (unpaired) electrons. The monoisotopic (exact) mass is 357 g/mol. The summed E-state index contributed by atoms with van der Waals surface area (Å²) in [5, 5.41) is 7.73. The topological polar surface area (TPSA) is 28.2 Å². The molecule has 22 heavy (non-hydrogen) atoms. The van der Waals surface area contributed by atoms with E-state index >= 15 is 0 Å². The number of rotatable bonds is 4. The summed E-state index contributed by atoms with van der Waals surface area (Å²) in [5.41, 5.74) is 2.38. The van der Waals surface area contributed by atoms with Gasteiger partial charge < -0.3 is 5.32 Å². The van der Waals surface area contributed by atoms with Crippen LogP contribution >= 0.6 is 35.3 Å². The first-order valence-electron chi connectivity index (χ1n) is 7.40. The Balaban J connectivity index is 0.00000176. The summed E-state index contributed by atoms with van der Waals surface area (Å²) < 4.78 is 0. The quantitative estimate of drug-likeness (QED) is 0.898. The third-order valence-electron chi connectivity index (χ3n) is 3.89. The lowest BCUT2D eigenvalue weighted by Crippen LogP contribution is -2.45. The molecule has 1 fully saturated rings. The molecular weight excluding hydrogens is 337 g/mol. The molecule has 0 bridgehead atoms. The molecular formula is C16H21Cl2N3S. The average Bonchev–Trinajstić information content (AvgIpc) is 2.96. The number of benzene rings is 1. The number of piperazine rings is 1. The van der Waals surface area contributed by atoms with Gasteiger partial charge in [0.2, 0.25) is 0 Å². The number of halogens is 2. The number of nitrogens with one attached hydrogen (secondary N) is 1. The van der Waals surface area contributed by atoms with E-state index in [1.807, 2.05) is 12.1 Å². The molecule has 0 saturated carbocycles. The minimum atomic E-state index is 0. The van der Waals surface area contributed by atoms with Gasteiger partial charge in [-0.1, -0.05) is 36.7 Å². The second-order valence-electron chi connectivity index (χ2n) is 5.30. The number of nitrogens with zero attached hydrogens (tertiary/aromatic N) is 2. The predicted octanol–water partition coefficient (Wildman–Crippen LogP) is 3.93. The van der Waals surface area contributed by atoms with E-state index in [4.69, 9.17) is 16.6 Å². The van der Waals surface area contributed by atoms with Crippen LogP contribution in [0, 0.1) is 0 Å². The third-order valence-corrected chi connectivity index (χ3v) is 5.27. The molecule has 1 aromatic heterocycles. The van der Waals surface area contributed by atoms with Crippen molar-refractivity contribution >= 4 is 35.3 Å². The molecule has 1 atom stereocenters. The van der Waals surface area contributed by atoms with E-state index in [1.54, 1.807) is 11.3 Å². The molecule has 1 aliphatic heterocycles. The summed E-state index contributed by atoms with van der Waals surface area (Å²) in [6.07, 6.45) is 1.01. The molecule has 120 valence electrons. The summed E-state index contributed by atoms with van der Waals surface area (Å²) in [5.74, 6) is 0. The first-order valence-corrected chi connectivity index (χ1v) is 8.66. The average molecular weight is 358 g/mol. The van der Waals surface area contributed by atoms with Crippen LogP contribution in [0.25, 0.3) is 0 Å². The van der Waals surface area contributed by atoms with Crippen molar-refractivity contribution in [2.75, 3.05) is 19.6 Å². The van der Waals surface area contributed by atoms with Crippen LogP contribution in [0.3, 0.4) is 0 Å². The highest BCUT2D eigenvalue weighted by atomic mass is 35.5. The van der Waals surface area contributed by atoms with E-state index in [1.165, 1.54) is 16.3 Å².